The van der Waals surface area contributed by atoms with E-state index < -0.39 is 17.7 Å². The average molecular weight is 750 g/mol. The molecule has 0 saturated carbocycles. The van der Waals surface area contributed by atoms with Gasteiger partial charge in [0, 0.05) is 68.3 Å². The molecule has 9 heteroatoms. The van der Waals surface area contributed by atoms with Gasteiger partial charge >= 0.3 is 5.97 Å². The van der Waals surface area contributed by atoms with Crippen molar-refractivity contribution in [3.8, 4) is 28.0 Å². The summed E-state index contributed by atoms with van der Waals surface area (Å²) in [5.74, 6) is 0.215. The Bertz CT molecular complexity index is 2010. The molecule has 55 heavy (non-hydrogen) atoms. The Labute approximate surface area is 325 Å². The first-order valence-electron chi connectivity index (χ1n) is 19.9. The lowest BCUT2D eigenvalue weighted by Crippen LogP contribution is -2.31. The summed E-state index contributed by atoms with van der Waals surface area (Å²) in [7, 11) is 2.15. The summed E-state index contributed by atoms with van der Waals surface area (Å²) < 4.78 is 32.9. The highest BCUT2D eigenvalue weighted by Gasteiger charge is 2.35. The molecular formula is C46H56FN3O5. The van der Waals surface area contributed by atoms with E-state index in [0.29, 0.717) is 36.9 Å². The van der Waals surface area contributed by atoms with Crippen molar-refractivity contribution in [2.75, 3.05) is 40.0 Å². The highest BCUT2D eigenvalue weighted by Crippen LogP contribution is 2.45. The van der Waals surface area contributed by atoms with Gasteiger partial charge in [0.2, 0.25) is 0 Å². The number of rotatable bonds is 11. The molecular weight excluding hydrogens is 694 g/mol. The number of ether oxygens (including phenoxy) is 3. The first kappa shape index (κ1) is 39.1. The van der Waals surface area contributed by atoms with Crippen LogP contribution in [0.15, 0.2) is 54.6 Å². The summed E-state index contributed by atoms with van der Waals surface area (Å²) in [5, 5.41) is 10.8. The minimum Gasteiger partial charge on any atom is -0.493 e. The van der Waals surface area contributed by atoms with Crippen LogP contribution in [0.5, 0.6) is 5.75 Å². The van der Waals surface area contributed by atoms with Gasteiger partial charge in [-0.05, 0) is 137 Å². The van der Waals surface area contributed by atoms with Crippen molar-refractivity contribution in [2.45, 2.75) is 98.1 Å². The average Bonchev–Trinajstić information content (AvgIpc) is 3.15. The topological polar surface area (TPSA) is 84.4 Å². The highest BCUT2D eigenvalue weighted by molar-refractivity contribution is 5.91. The number of carbonyl (C=O) groups is 1. The summed E-state index contributed by atoms with van der Waals surface area (Å²) in [6.07, 6.45) is 3.47. The molecule has 4 aromatic rings. The Kier molecular flexibility index (Phi) is 11.7. The molecule has 1 atom stereocenters. The van der Waals surface area contributed by atoms with Gasteiger partial charge < -0.3 is 24.2 Å². The van der Waals surface area contributed by atoms with E-state index >= 15 is 0 Å². The Morgan fingerprint density at radius 2 is 1.75 bits per heavy atom. The smallest absolute Gasteiger partial charge is 0.337 e. The fourth-order valence-corrected chi connectivity index (χ4v) is 8.61. The molecule has 4 heterocycles. The van der Waals surface area contributed by atoms with Crippen LogP contribution in [0.2, 0.25) is 0 Å². The maximum Gasteiger partial charge on any atom is 0.337 e. The number of benzene rings is 3. The van der Waals surface area contributed by atoms with Crippen molar-refractivity contribution in [1.29, 1.82) is 0 Å². The molecule has 1 saturated heterocycles. The lowest BCUT2D eigenvalue weighted by atomic mass is 9.84. The van der Waals surface area contributed by atoms with Crippen LogP contribution in [-0.4, -0.2) is 71.4 Å². The monoisotopic (exact) mass is 749 g/mol. The number of fused-ring (bicyclic) bond motifs is 2. The zero-order chi connectivity index (χ0) is 38.9. The van der Waals surface area contributed by atoms with E-state index in [1.54, 1.807) is 12.1 Å². The number of aliphatic carboxylic acids is 1. The molecule has 0 aliphatic carbocycles. The van der Waals surface area contributed by atoms with Crippen LogP contribution < -0.4 is 4.74 Å². The van der Waals surface area contributed by atoms with Gasteiger partial charge in [0.25, 0.3) is 0 Å². The molecule has 1 N–H and O–H groups in total. The predicted molar refractivity (Wildman–Crippen MR) is 214 cm³/mol. The molecule has 3 aliphatic rings. The Balaban J connectivity index is 1.37. The third kappa shape index (κ3) is 8.96. The van der Waals surface area contributed by atoms with Gasteiger partial charge in [0.1, 0.15) is 11.6 Å². The number of halogens is 1. The molecule has 0 radical (unpaired) electrons. The van der Waals surface area contributed by atoms with Gasteiger partial charge in [0.05, 0.1) is 17.9 Å². The molecule has 7 rings (SSSR count). The summed E-state index contributed by atoms with van der Waals surface area (Å²) in [4.78, 5) is 23.2. The second-order valence-electron chi connectivity index (χ2n) is 16.8. The van der Waals surface area contributed by atoms with Crippen molar-refractivity contribution in [2.24, 2.45) is 5.92 Å². The van der Waals surface area contributed by atoms with Crippen LogP contribution in [0.3, 0.4) is 0 Å². The molecule has 0 spiro atoms. The molecule has 3 aromatic carbocycles. The zero-order valence-electron chi connectivity index (χ0n) is 33.3. The number of nitrogens with zero attached hydrogens (tertiary/aromatic N) is 3. The van der Waals surface area contributed by atoms with Crippen LogP contribution >= 0.6 is 0 Å². The number of carboxylic acids is 1. The van der Waals surface area contributed by atoms with Gasteiger partial charge in [-0.2, -0.15) is 0 Å². The predicted octanol–water partition coefficient (Wildman–Crippen LogP) is 8.85. The first-order valence-corrected chi connectivity index (χ1v) is 19.9. The largest absolute Gasteiger partial charge is 0.493 e. The van der Waals surface area contributed by atoms with E-state index in [9.17, 15) is 14.3 Å². The lowest BCUT2D eigenvalue weighted by molar-refractivity contribution is -0.160. The third-order valence-electron chi connectivity index (χ3n) is 11.3. The number of aromatic nitrogens is 1. The fourth-order valence-electron chi connectivity index (χ4n) is 8.61. The second kappa shape index (κ2) is 16.5. The number of hydrogen-bond acceptors (Lipinski definition) is 7. The Hall–Kier alpha value is -4.15. The van der Waals surface area contributed by atoms with E-state index in [4.69, 9.17) is 19.2 Å². The molecule has 3 aliphatic heterocycles. The Morgan fingerprint density at radius 1 is 1.00 bits per heavy atom. The van der Waals surface area contributed by atoms with Crippen LogP contribution in [0.25, 0.3) is 22.3 Å². The van der Waals surface area contributed by atoms with Gasteiger partial charge in [-0.25, -0.2) is 9.18 Å². The van der Waals surface area contributed by atoms with Crippen LogP contribution in [0, 0.1) is 25.6 Å². The van der Waals surface area contributed by atoms with Crippen molar-refractivity contribution >= 4 is 5.97 Å². The van der Waals surface area contributed by atoms with Crippen molar-refractivity contribution < 1.29 is 28.5 Å². The molecule has 0 bridgehead atoms. The number of pyridine rings is 1. The van der Waals surface area contributed by atoms with E-state index in [1.165, 1.54) is 11.1 Å². The summed E-state index contributed by atoms with van der Waals surface area (Å²) in [5.41, 5.74) is 10.4. The summed E-state index contributed by atoms with van der Waals surface area (Å²) in [6.45, 7) is 15.4. The molecule has 1 aromatic heterocycles. The molecule has 1 fully saturated rings. The lowest BCUT2D eigenvalue weighted by Gasteiger charge is -2.32. The standard InChI is InChI=1S/C46H56FN3O5/c1-29-9-7-11-38(47)37(29)27-50-19-16-32-23-34(12-13-36(32)26-50)42-39(28-49(6)25-31-17-21-53-22-18-31)48-30(2)41(44(45(51)52)55-46(3,4)5)43(42)35-14-15-40-33(24-35)10-8-20-54-40/h7,9,11-15,23-24,31,44H,8,10,16-22,25-28H2,1-6H3,(H,51,52)/t44-/m0/s1. The minimum absolute atomic E-state index is 0.158. The summed E-state index contributed by atoms with van der Waals surface area (Å²) >= 11 is 0. The van der Waals surface area contributed by atoms with Crippen molar-refractivity contribution in [1.82, 2.24) is 14.8 Å². The van der Waals surface area contributed by atoms with Gasteiger partial charge in [-0.15, -0.1) is 0 Å². The highest BCUT2D eigenvalue weighted by atomic mass is 19.1. The normalized spacial score (nSPS) is 17.1. The van der Waals surface area contributed by atoms with E-state index in [-0.39, 0.29) is 5.82 Å². The van der Waals surface area contributed by atoms with Crippen molar-refractivity contribution in [3.05, 3.63) is 105 Å². The fraction of sp³-hybridized carbons (Fsp3) is 0.478. The quantitative estimate of drug-likeness (QED) is 0.163. The third-order valence-corrected chi connectivity index (χ3v) is 11.3. The SMILES string of the molecule is Cc1cccc(F)c1CN1CCc2cc(-c3c(CN(C)CC4CCOCC4)nc(C)c([C@H](OC(C)(C)C)C(=O)O)c3-c3ccc4c(c3)CCCO4)ccc2C1. The molecule has 0 unspecified atom stereocenters. The molecule has 292 valence electrons. The zero-order valence-corrected chi connectivity index (χ0v) is 33.3. The Morgan fingerprint density at radius 3 is 2.49 bits per heavy atom. The van der Waals surface area contributed by atoms with Crippen molar-refractivity contribution in [3.63, 3.8) is 0 Å². The number of carboxylic acid groups (broad SMARTS) is 1. The van der Waals surface area contributed by atoms with Crippen LogP contribution in [0.4, 0.5) is 4.39 Å². The van der Waals surface area contributed by atoms with Crippen LogP contribution in [-0.2, 0) is 46.7 Å². The van der Waals surface area contributed by atoms with E-state index in [1.807, 2.05) is 46.8 Å². The van der Waals surface area contributed by atoms with Crippen LogP contribution in [0.1, 0.15) is 90.9 Å². The first-order chi connectivity index (χ1) is 26.3. The number of aryl methyl sites for hydroxylation is 3. The van der Waals surface area contributed by atoms with Gasteiger partial charge in [-0.1, -0.05) is 36.4 Å². The molecule has 0 amide bonds. The van der Waals surface area contributed by atoms with Gasteiger partial charge in [-0.3, -0.25) is 9.88 Å². The van der Waals surface area contributed by atoms with E-state index in [0.717, 1.165) is 115 Å². The van der Waals surface area contributed by atoms with Gasteiger partial charge in [0.15, 0.2) is 6.10 Å². The maximum absolute atomic E-state index is 14.8. The maximum atomic E-state index is 14.8. The second-order valence-corrected chi connectivity index (χ2v) is 16.8. The van der Waals surface area contributed by atoms with E-state index in [2.05, 4.69) is 47.2 Å². The number of hydrogen-bond donors (Lipinski definition) is 1. The minimum atomic E-state index is -1.24. The molecule has 8 nitrogen and oxygen atoms in total. The summed E-state index contributed by atoms with van der Waals surface area (Å²) in [6, 6.07) is 18.2.